The molecule has 2 amide bonds. The fourth-order valence-electron chi connectivity index (χ4n) is 1.57. The largest absolute Gasteiger partial charge is 0.352 e. The Balaban J connectivity index is 2.84. The molecule has 1 unspecified atom stereocenters. The first kappa shape index (κ1) is 15.2. The van der Waals surface area contributed by atoms with E-state index in [1.807, 2.05) is 26.8 Å². The van der Waals surface area contributed by atoms with Crippen LogP contribution in [-0.2, 0) is 4.79 Å². The van der Waals surface area contributed by atoms with E-state index in [1.54, 1.807) is 18.2 Å². The molecule has 0 fully saturated rings. The Labute approximate surface area is 114 Å². The highest BCUT2D eigenvalue weighted by Crippen LogP contribution is 2.16. The van der Waals surface area contributed by atoms with Gasteiger partial charge < -0.3 is 10.6 Å². The second-order valence-electron chi connectivity index (χ2n) is 4.60. The van der Waals surface area contributed by atoms with Crippen molar-refractivity contribution in [2.45, 2.75) is 33.6 Å². The zero-order chi connectivity index (χ0) is 14.3. The Bertz CT molecular complexity index is 444. The van der Waals surface area contributed by atoms with Crippen LogP contribution < -0.4 is 10.6 Å². The zero-order valence-corrected chi connectivity index (χ0v) is 11.8. The van der Waals surface area contributed by atoms with Gasteiger partial charge in [0.25, 0.3) is 5.91 Å². The minimum Gasteiger partial charge on any atom is -0.352 e. The highest BCUT2D eigenvalue weighted by Gasteiger charge is 2.15. The van der Waals surface area contributed by atoms with Gasteiger partial charge in [0.15, 0.2) is 0 Å². The summed E-state index contributed by atoms with van der Waals surface area (Å²) >= 11 is 0. The Morgan fingerprint density at radius 3 is 2.53 bits per heavy atom. The average Bonchev–Trinajstić information content (AvgIpc) is 2.44. The second kappa shape index (κ2) is 7.56. The van der Waals surface area contributed by atoms with Crippen molar-refractivity contribution in [3.63, 3.8) is 0 Å². The maximum absolute atomic E-state index is 12.0. The van der Waals surface area contributed by atoms with Gasteiger partial charge >= 0.3 is 0 Å². The van der Waals surface area contributed by atoms with Crippen molar-refractivity contribution in [2.75, 3.05) is 11.9 Å². The molecule has 104 valence electrons. The number of amides is 2. The second-order valence-corrected chi connectivity index (χ2v) is 4.60. The molecule has 0 aliphatic heterocycles. The van der Waals surface area contributed by atoms with Crippen molar-refractivity contribution in [1.82, 2.24) is 5.32 Å². The predicted octanol–water partition coefficient (Wildman–Crippen LogP) is 2.81. The van der Waals surface area contributed by atoms with Gasteiger partial charge in [-0.15, -0.1) is 0 Å². The maximum Gasteiger partial charge on any atom is 0.253 e. The summed E-state index contributed by atoms with van der Waals surface area (Å²) in [5.41, 5.74) is 1.08. The highest BCUT2D eigenvalue weighted by molar-refractivity contribution is 6.04. The summed E-state index contributed by atoms with van der Waals surface area (Å²) in [6, 6.07) is 7.07. The van der Waals surface area contributed by atoms with Crippen LogP contribution in [0.3, 0.4) is 0 Å². The van der Waals surface area contributed by atoms with Crippen LogP contribution in [0.5, 0.6) is 0 Å². The molecule has 0 spiro atoms. The molecule has 1 rings (SSSR count). The molecular weight excluding hydrogens is 240 g/mol. The first-order valence-electron chi connectivity index (χ1n) is 6.78. The number of rotatable bonds is 6. The number of nitrogens with one attached hydrogen (secondary N) is 2. The molecule has 0 saturated heterocycles. The van der Waals surface area contributed by atoms with Crippen LogP contribution in [0.25, 0.3) is 0 Å². The Kier molecular flexibility index (Phi) is 6.06. The zero-order valence-electron chi connectivity index (χ0n) is 11.8. The number of hydrogen-bond acceptors (Lipinski definition) is 2. The molecular formula is C15H22N2O2. The molecule has 1 atom stereocenters. The van der Waals surface area contributed by atoms with Gasteiger partial charge in [0.05, 0.1) is 11.3 Å². The third-order valence-corrected chi connectivity index (χ3v) is 3.03. The lowest BCUT2D eigenvalue weighted by Gasteiger charge is -2.13. The quantitative estimate of drug-likeness (QED) is 0.828. The molecule has 1 aromatic rings. The molecule has 1 aromatic carbocycles. The Morgan fingerprint density at radius 2 is 1.89 bits per heavy atom. The van der Waals surface area contributed by atoms with Crippen molar-refractivity contribution < 1.29 is 9.59 Å². The van der Waals surface area contributed by atoms with E-state index in [0.29, 0.717) is 17.8 Å². The first-order valence-corrected chi connectivity index (χ1v) is 6.78. The lowest BCUT2D eigenvalue weighted by molar-refractivity contribution is -0.119. The van der Waals surface area contributed by atoms with Crippen LogP contribution in [-0.4, -0.2) is 18.4 Å². The normalized spacial score (nSPS) is 11.7. The molecule has 0 aliphatic rings. The highest BCUT2D eigenvalue weighted by atomic mass is 16.2. The van der Waals surface area contributed by atoms with Gasteiger partial charge in [0.1, 0.15) is 0 Å². The summed E-state index contributed by atoms with van der Waals surface area (Å²) in [7, 11) is 0. The third-order valence-electron chi connectivity index (χ3n) is 3.03. The first-order chi connectivity index (χ1) is 9.10. The van der Waals surface area contributed by atoms with E-state index < -0.39 is 0 Å². The van der Waals surface area contributed by atoms with E-state index >= 15 is 0 Å². The molecule has 0 aliphatic carbocycles. The van der Waals surface area contributed by atoms with Crippen molar-refractivity contribution in [2.24, 2.45) is 5.92 Å². The fraction of sp³-hybridized carbons (Fsp3) is 0.467. The number of para-hydroxylation sites is 1. The van der Waals surface area contributed by atoms with Gasteiger partial charge in [-0.3, -0.25) is 9.59 Å². The SMILES string of the molecule is CCCNC(=O)c1ccccc1NC(=O)C(C)CC. The van der Waals surface area contributed by atoms with Gasteiger partial charge in [0, 0.05) is 12.5 Å². The molecule has 4 heteroatoms. The lowest BCUT2D eigenvalue weighted by atomic mass is 10.1. The standard InChI is InChI=1S/C15H22N2O2/c1-4-10-16-15(19)12-8-6-7-9-13(12)17-14(18)11(3)5-2/h6-9,11H,4-5,10H2,1-3H3,(H,16,19)(H,17,18). The summed E-state index contributed by atoms with van der Waals surface area (Å²) < 4.78 is 0. The Morgan fingerprint density at radius 1 is 1.21 bits per heavy atom. The summed E-state index contributed by atoms with van der Waals surface area (Å²) in [4.78, 5) is 23.9. The van der Waals surface area contributed by atoms with E-state index in [2.05, 4.69) is 10.6 Å². The van der Waals surface area contributed by atoms with Crippen molar-refractivity contribution in [3.05, 3.63) is 29.8 Å². The van der Waals surface area contributed by atoms with Crippen LogP contribution in [0.2, 0.25) is 0 Å². The van der Waals surface area contributed by atoms with E-state index in [4.69, 9.17) is 0 Å². The third kappa shape index (κ3) is 4.39. The molecule has 2 N–H and O–H groups in total. The molecule has 0 heterocycles. The molecule has 0 saturated carbocycles. The van der Waals surface area contributed by atoms with Crippen molar-refractivity contribution in [3.8, 4) is 0 Å². The van der Waals surface area contributed by atoms with Crippen LogP contribution in [0.4, 0.5) is 5.69 Å². The van der Waals surface area contributed by atoms with Crippen molar-refractivity contribution in [1.29, 1.82) is 0 Å². The van der Waals surface area contributed by atoms with E-state index in [9.17, 15) is 9.59 Å². The Hall–Kier alpha value is -1.84. The number of carbonyl (C=O) groups is 2. The van der Waals surface area contributed by atoms with Gasteiger partial charge in [-0.1, -0.05) is 32.9 Å². The number of hydrogen-bond donors (Lipinski definition) is 2. The number of benzene rings is 1. The summed E-state index contributed by atoms with van der Waals surface area (Å²) in [6.07, 6.45) is 1.66. The van der Waals surface area contributed by atoms with E-state index in [1.165, 1.54) is 0 Å². The van der Waals surface area contributed by atoms with Gasteiger partial charge in [-0.2, -0.15) is 0 Å². The topological polar surface area (TPSA) is 58.2 Å². The van der Waals surface area contributed by atoms with Gasteiger partial charge in [0.2, 0.25) is 5.91 Å². The maximum atomic E-state index is 12.0. The summed E-state index contributed by atoms with van der Waals surface area (Å²) in [6.45, 7) is 6.46. The number of anilines is 1. The number of carbonyl (C=O) groups excluding carboxylic acids is 2. The molecule has 0 aromatic heterocycles. The van der Waals surface area contributed by atoms with Crippen LogP contribution in [0.1, 0.15) is 44.0 Å². The van der Waals surface area contributed by atoms with Gasteiger partial charge in [-0.05, 0) is 25.0 Å². The van der Waals surface area contributed by atoms with Gasteiger partial charge in [-0.25, -0.2) is 0 Å². The lowest BCUT2D eigenvalue weighted by Crippen LogP contribution is -2.27. The van der Waals surface area contributed by atoms with Crippen LogP contribution >= 0.6 is 0 Å². The van der Waals surface area contributed by atoms with Crippen LogP contribution in [0, 0.1) is 5.92 Å². The van der Waals surface area contributed by atoms with E-state index in [0.717, 1.165) is 12.8 Å². The van der Waals surface area contributed by atoms with Crippen molar-refractivity contribution >= 4 is 17.5 Å². The molecule has 0 radical (unpaired) electrons. The molecule has 0 bridgehead atoms. The minimum atomic E-state index is -0.151. The monoisotopic (exact) mass is 262 g/mol. The summed E-state index contributed by atoms with van der Waals surface area (Å²) in [5.74, 6) is -0.271. The summed E-state index contributed by atoms with van der Waals surface area (Å²) in [5, 5.41) is 5.63. The molecule has 19 heavy (non-hydrogen) atoms. The average molecular weight is 262 g/mol. The predicted molar refractivity (Wildman–Crippen MR) is 77.2 cm³/mol. The van der Waals surface area contributed by atoms with E-state index in [-0.39, 0.29) is 17.7 Å². The smallest absolute Gasteiger partial charge is 0.253 e. The minimum absolute atomic E-state index is 0.0572. The fourth-order valence-corrected chi connectivity index (χ4v) is 1.57. The van der Waals surface area contributed by atoms with Crippen LogP contribution in [0.15, 0.2) is 24.3 Å². The molecule has 4 nitrogen and oxygen atoms in total.